The summed E-state index contributed by atoms with van der Waals surface area (Å²) in [5.74, 6) is -0.133. The molecule has 1 aromatic heterocycles. The average Bonchev–Trinajstić information content (AvgIpc) is 2.89. The number of benzene rings is 1. The van der Waals surface area contributed by atoms with Crippen molar-refractivity contribution in [1.82, 2.24) is 14.2 Å². The van der Waals surface area contributed by atoms with Crippen molar-refractivity contribution in [2.75, 3.05) is 26.3 Å². The van der Waals surface area contributed by atoms with Gasteiger partial charge in [0.25, 0.3) is 0 Å². The minimum absolute atomic E-state index is 0.0392. The van der Waals surface area contributed by atoms with Crippen LogP contribution in [0.3, 0.4) is 0 Å². The maximum absolute atomic E-state index is 12.9. The van der Waals surface area contributed by atoms with Gasteiger partial charge < -0.3 is 9.64 Å². The number of sulfonamides is 1. The molecule has 1 amide bonds. The second-order valence-corrected chi connectivity index (χ2v) is 10.6. The fourth-order valence-electron chi connectivity index (χ4n) is 4.10. The predicted octanol–water partition coefficient (Wildman–Crippen LogP) is 1.92. The zero-order valence-corrected chi connectivity index (χ0v) is 18.5. The van der Waals surface area contributed by atoms with Gasteiger partial charge in [0.1, 0.15) is 6.54 Å². The number of amides is 1. The zero-order valence-electron chi connectivity index (χ0n) is 16.8. The van der Waals surface area contributed by atoms with Crippen molar-refractivity contribution >= 4 is 37.5 Å². The highest BCUT2D eigenvalue weighted by molar-refractivity contribution is 7.89. The van der Waals surface area contributed by atoms with Crippen LogP contribution in [0.4, 0.5) is 0 Å². The molecular weight excluding hydrogens is 426 g/mol. The molecule has 30 heavy (non-hydrogen) atoms. The van der Waals surface area contributed by atoms with Gasteiger partial charge in [-0.15, -0.1) is 0 Å². The van der Waals surface area contributed by atoms with E-state index in [1.807, 2.05) is 0 Å². The third kappa shape index (κ3) is 4.77. The van der Waals surface area contributed by atoms with E-state index in [4.69, 9.17) is 4.74 Å². The molecule has 164 valence electrons. The van der Waals surface area contributed by atoms with Gasteiger partial charge in [0.05, 0.1) is 28.3 Å². The number of aromatic nitrogens is 1. The largest absolute Gasteiger partial charge is 0.378 e. The van der Waals surface area contributed by atoms with E-state index >= 15 is 0 Å². The Hall–Kier alpha value is -1.75. The van der Waals surface area contributed by atoms with Crippen molar-refractivity contribution in [1.29, 1.82) is 0 Å². The van der Waals surface area contributed by atoms with Crippen LogP contribution in [0.1, 0.15) is 38.5 Å². The van der Waals surface area contributed by atoms with Gasteiger partial charge >= 0.3 is 4.87 Å². The molecule has 2 aliphatic rings. The average molecular weight is 454 g/mol. The number of carbonyl (C=O) groups is 1. The SMILES string of the molecule is O=C(Cn1c(=O)sc2cc(S(=O)(=O)NC3CCCCCC3)ccc21)N1CCOCC1. The van der Waals surface area contributed by atoms with Crippen LogP contribution in [0.15, 0.2) is 27.9 Å². The number of fused-ring (bicyclic) bond motifs is 1. The van der Waals surface area contributed by atoms with Crippen LogP contribution in [0.25, 0.3) is 10.2 Å². The van der Waals surface area contributed by atoms with Gasteiger partial charge in [-0.1, -0.05) is 37.0 Å². The molecule has 1 aromatic carbocycles. The molecule has 1 saturated carbocycles. The van der Waals surface area contributed by atoms with Gasteiger partial charge in [-0.2, -0.15) is 0 Å². The molecule has 2 aromatic rings. The lowest BCUT2D eigenvalue weighted by molar-refractivity contribution is -0.135. The van der Waals surface area contributed by atoms with E-state index in [1.165, 1.54) is 16.7 Å². The Balaban J connectivity index is 1.54. The first kappa shape index (κ1) is 21.5. The summed E-state index contributed by atoms with van der Waals surface area (Å²) in [7, 11) is -3.66. The highest BCUT2D eigenvalue weighted by Crippen LogP contribution is 2.24. The molecule has 1 N–H and O–H groups in total. The Morgan fingerprint density at radius 3 is 2.53 bits per heavy atom. The highest BCUT2D eigenvalue weighted by atomic mass is 32.2. The van der Waals surface area contributed by atoms with Gasteiger partial charge in [-0.25, -0.2) is 13.1 Å². The molecule has 1 aliphatic heterocycles. The van der Waals surface area contributed by atoms with E-state index in [-0.39, 0.29) is 28.3 Å². The number of ether oxygens (including phenoxy) is 1. The van der Waals surface area contributed by atoms with Crippen molar-refractivity contribution in [3.63, 3.8) is 0 Å². The van der Waals surface area contributed by atoms with Crippen LogP contribution in [0.5, 0.6) is 0 Å². The third-order valence-corrected chi connectivity index (χ3v) is 8.24. The number of nitrogens with one attached hydrogen (secondary N) is 1. The number of nitrogens with zero attached hydrogens (tertiary/aromatic N) is 2. The molecule has 4 rings (SSSR count). The van der Waals surface area contributed by atoms with Gasteiger partial charge in [0, 0.05) is 19.1 Å². The van der Waals surface area contributed by atoms with Crippen molar-refractivity contribution in [2.24, 2.45) is 0 Å². The fraction of sp³-hybridized carbons (Fsp3) is 0.600. The molecule has 2 heterocycles. The lowest BCUT2D eigenvalue weighted by atomic mass is 10.1. The molecule has 0 radical (unpaired) electrons. The van der Waals surface area contributed by atoms with Gasteiger partial charge in [0.15, 0.2) is 0 Å². The molecule has 10 heteroatoms. The Kier molecular flexibility index (Phi) is 6.57. The summed E-state index contributed by atoms with van der Waals surface area (Å²) < 4.78 is 35.8. The maximum Gasteiger partial charge on any atom is 0.308 e. The van der Waals surface area contributed by atoms with Crippen molar-refractivity contribution in [3.8, 4) is 0 Å². The minimum atomic E-state index is -3.66. The minimum Gasteiger partial charge on any atom is -0.378 e. The first-order chi connectivity index (χ1) is 14.4. The van der Waals surface area contributed by atoms with Crippen molar-refractivity contribution in [2.45, 2.75) is 56.0 Å². The summed E-state index contributed by atoms with van der Waals surface area (Å²) in [4.78, 5) is 26.6. The van der Waals surface area contributed by atoms with E-state index in [0.29, 0.717) is 36.5 Å². The van der Waals surface area contributed by atoms with Crippen molar-refractivity contribution < 1.29 is 17.9 Å². The Morgan fingerprint density at radius 1 is 1.13 bits per heavy atom. The van der Waals surface area contributed by atoms with Crippen LogP contribution < -0.4 is 9.60 Å². The Labute approximate surface area is 179 Å². The monoisotopic (exact) mass is 453 g/mol. The molecule has 0 atom stereocenters. The molecular formula is C20H27N3O5S2. The zero-order chi connectivity index (χ0) is 21.1. The first-order valence-electron chi connectivity index (χ1n) is 10.5. The normalized spacial score (nSPS) is 19.1. The lowest BCUT2D eigenvalue weighted by Gasteiger charge is -2.26. The van der Waals surface area contributed by atoms with Crippen molar-refractivity contribution in [3.05, 3.63) is 27.9 Å². The second kappa shape index (κ2) is 9.17. The number of thiazole rings is 1. The summed E-state index contributed by atoms with van der Waals surface area (Å²) in [6.07, 6.45) is 6.08. The number of rotatable bonds is 5. The van der Waals surface area contributed by atoms with Crippen LogP contribution in [0, 0.1) is 0 Å². The van der Waals surface area contributed by atoms with E-state index in [9.17, 15) is 18.0 Å². The van der Waals surface area contributed by atoms with E-state index in [1.54, 1.807) is 11.0 Å². The number of hydrogen-bond donors (Lipinski definition) is 1. The lowest BCUT2D eigenvalue weighted by Crippen LogP contribution is -2.43. The smallest absolute Gasteiger partial charge is 0.308 e. The maximum atomic E-state index is 12.9. The Bertz CT molecular complexity index is 1060. The van der Waals surface area contributed by atoms with Gasteiger partial charge in [0.2, 0.25) is 15.9 Å². The summed E-state index contributed by atoms with van der Waals surface area (Å²) in [6.45, 7) is 1.99. The Morgan fingerprint density at radius 2 is 1.83 bits per heavy atom. The molecule has 1 saturated heterocycles. The summed E-state index contributed by atoms with van der Waals surface area (Å²) >= 11 is 0.967. The number of hydrogen-bond acceptors (Lipinski definition) is 6. The summed E-state index contributed by atoms with van der Waals surface area (Å²) in [5.41, 5.74) is 0.583. The molecule has 1 aliphatic carbocycles. The number of carbonyl (C=O) groups excluding carboxylic acids is 1. The van der Waals surface area contributed by atoms with Crippen LogP contribution >= 0.6 is 11.3 Å². The molecule has 0 unspecified atom stereocenters. The van der Waals surface area contributed by atoms with Crippen LogP contribution in [-0.4, -0.2) is 56.1 Å². The van der Waals surface area contributed by atoms with E-state index in [2.05, 4.69) is 4.72 Å². The quantitative estimate of drug-likeness (QED) is 0.698. The number of morpholine rings is 1. The standard InChI is InChI=1S/C20H27N3O5S2/c24-19(22-9-11-28-12-10-22)14-23-17-8-7-16(13-18(17)29-20(23)25)30(26,27)21-15-5-3-1-2-4-6-15/h7-8,13,15,21H,1-6,9-12,14H2. The van der Waals surface area contributed by atoms with Gasteiger partial charge in [-0.05, 0) is 31.0 Å². The summed E-state index contributed by atoms with van der Waals surface area (Å²) in [5, 5.41) is 0. The molecule has 8 nitrogen and oxygen atoms in total. The molecule has 0 spiro atoms. The topological polar surface area (TPSA) is 97.7 Å². The second-order valence-electron chi connectivity index (χ2n) is 7.89. The first-order valence-corrected chi connectivity index (χ1v) is 12.8. The molecule has 0 bridgehead atoms. The fourth-order valence-corrected chi connectivity index (χ4v) is 6.43. The van der Waals surface area contributed by atoms with Gasteiger partial charge in [-0.3, -0.25) is 14.2 Å². The van der Waals surface area contributed by atoms with Crippen LogP contribution in [-0.2, 0) is 26.1 Å². The molecule has 2 fully saturated rings. The third-order valence-electron chi connectivity index (χ3n) is 5.78. The highest BCUT2D eigenvalue weighted by Gasteiger charge is 2.23. The summed E-state index contributed by atoms with van der Waals surface area (Å²) in [6, 6.07) is 4.64. The van der Waals surface area contributed by atoms with Crippen LogP contribution in [0.2, 0.25) is 0 Å². The predicted molar refractivity (Wildman–Crippen MR) is 115 cm³/mol. The van der Waals surface area contributed by atoms with E-state index < -0.39 is 10.0 Å². The van der Waals surface area contributed by atoms with E-state index in [0.717, 1.165) is 49.9 Å².